The zero-order chi connectivity index (χ0) is 17.7. The van der Waals surface area contributed by atoms with E-state index in [0.29, 0.717) is 25.7 Å². The monoisotopic (exact) mass is 402 g/mol. The quantitative estimate of drug-likeness (QED) is 0.270. The van der Waals surface area contributed by atoms with Gasteiger partial charge in [0.05, 0.1) is 19.3 Å². The molecule has 2 rings (SSSR count). The van der Waals surface area contributed by atoms with Crippen molar-refractivity contribution < 1.29 is 9.47 Å². The van der Waals surface area contributed by atoms with Crippen LogP contribution in [-0.4, -0.2) is 18.0 Å². The van der Waals surface area contributed by atoms with Crippen molar-refractivity contribution in [1.82, 2.24) is 0 Å². The molecular formula is C22H27BrO2. The zero-order valence-electron chi connectivity index (χ0n) is 14.8. The van der Waals surface area contributed by atoms with E-state index in [2.05, 4.69) is 59.3 Å². The number of halogens is 1. The first-order chi connectivity index (χ1) is 12.3. The highest BCUT2D eigenvalue weighted by Gasteiger charge is 2.16. The second-order valence-corrected chi connectivity index (χ2v) is 6.75. The molecule has 0 spiro atoms. The molecule has 0 amide bonds. The van der Waals surface area contributed by atoms with Gasteiger partial charge in [0.25, 0.3) is 0 Å². The first-order valence-corrected chi connectivity index (χ1v) is 9.91. The van der Waals surface area contributed by atoms with E-state index in [1.54, 1.807) is 0 Å². The normalized spacial score (nSPS) is 13.8. The molecule has 0 heterocycles. The van der Waals surface area contributed by atoms with Crippen LogP contribution in [-0.2, 0) is 22.7 Å². The van der Waals surface area contributed by atoms with Crippen LogP contribution in [0.1, 0.15) is 24.5 Å². The lowest BCUT2D eigenvalue weighted by atomic mass is 10.0. The number of allylic oxidation sites excluding steroid dienone is 1. The predicted molar refractivity (Wildman–Crippen MR) is 108 cm³/mol. The summed E-state index contributed by atoms with van der Waals surface area (Å²) in [5.74, 6) is 0.349. The second kappa shape index (κ2) is 12.0. The molecule has 0 aliphatic rings. The smallest absolute Gasteiger partial charge is 0.0720 e. The van der Waals surface area contributed by atoms with Crippen molar-refractivity contribution >= 4 is 15.9 Å². The number of hydrogen-bond donors (Lipinski definition) is 0. The summed E-state index contributed by atoms with van der Waals surface area (Å²) in [5, 5.41) is 0.868. The number of benzene rings is 2. The number of alkyl halides is 1. The van der Waals surface area contributed by atoms with E-state index in [1.165, 1.54) is 11.1 Å². The van der Waals surface area contributed by atoms with Gasteiger partial charge in [0, 0.05) is 17.9 Å². The molecule has 0 unspecified atom stereocenters. The van der Waals surface area contributed by atoms with Gasteiger partial charge in [-0.3, -0.25) is 0 Å². The Morgan fingerprint density at radius 3 is 2.12 bits per heavy atom. The van der Waals surface area contributed by atoms with Crippen LogP contribution in [0.2, 0.25) is 0 Å². The lowest BCUT2D eigenvalue weighted by molar-refractivity contribution is -0.00970. The molecule has 3 heteroatoms. The summed E-state index contributed by atoms with van der Waals surface area (Å²) in [6.07, 6.45) is 5.37. The summed E-state index contributed by atoms with van der Waals surface area (Å²) in [6, 6.07) is 20.6. The molecule has 0 aromatic heterocycles. The third kappa shape index (κ3) is 8.00. The highest BCUT2D eigenvalue weighted by atomic mass is 79.9. The molecule has 2 atom stereocenters. The maximum absolute atomic E-state index is 6.19. The average Bonchev–Trinajstić information content (AvgIpc) is 2.67. The Labute approximate surface area is 160 Å². The van der Waals surface area contributed by atoms with Gasteiger partial charge in [-0.25, -0.2) is 0 Å². The minimum absolute atomic E-state index is 0.145. The molecule has 134 valence electrons. The number of rotatable bonds is 11. The fourth-order valence-corrected chi connectivity index (χ4v) is 2.85. The van der Waals surface area contributed by atoms with E-state index >= 15 is 0 Å². The first-order valence-electron chi connectivity index (χ1n) is 8.79. The van der Waals surface area contributed by atoms with Gasteiger partial charge in [0.1, 0.15) is 0 Å². The van der Waals surface area contributed by atoms with Gasteiger partial charge in [-0.05, 0) is 17.5 Å². The Morgan fingerprint density at radius 2 is 1.52 bits per heavy atom. The lowest BCUT2D eigenvalue weighted by Gasteiger charge is -2.22. The van der Waals surface area contributed by atoms with Gasteiger partial charge in [-0.2, -0.15) is 0 Å². The predicted octanol–water partition coefficient (Wildman–Crippen LogP) is 5.77. The van der Waals surface area contributed by atoms with Crippen molar-refractivity contribution in [2.45, 2.75) is 32.7 Å². The molecule has 2 aromatic rings. The van der Waals surface area contributed by atoms with E-state index in [-0.39, 0.29) is 6.10 Å². The van der Waals surface area contributed by atoms with Gasteiger partial charge >= 0.3 is 0 Å². The molecule has 0 N–H and O–H groups in total. The summed E-state index contributed by atoms with van der Waals surface area (Å²) >= 11 is 3.44. The van der Waals surface area contributed by atoms with Crippen LogP contribution in [0, 0.1) is 5.92 Å². The van der Waals surface area contributed by atoms with Crippen LogP contribution in [0.25, 0.3) is 0 Å². The van der Waals surface area contributed by atoms with Crippen LogP contribution < -0.4 is 0 Å². The van der Waals surface area contributed by atoms with Gasteiger partial charge in [0.15, 0.2) is 0 Å². The van der Waals surface area contributed by atoms with Gasteiger partial charge in [-0.15, -0.1) is 0 Å². The van der Waals surface area contributed by atoms with Crippen molar-refractivity contribution in [3.8, 4) is 0 Å². The third-order valence-corrected chi connectivity index (χ3v) is 4.45. The molecule has 0 radical (unpaired) electrons. The molecule has 0 aliphatic heterocycles. The van der Waals surface area contributed by atoms with E-state index in [9.17, 15) is 0 Å². The average molecular weight is 403 g/mol. The molecule has 0 bridgehead atoms. The molecule has 25 heavy (non-hydrogen) atoms. The summed E-state index contributed by atoms with van der Waals surface area (Å²) in [6.45, 7) is 4.18. The standard InChI is InChI=1S/C22H27BrO2/c1-19(9-8-15-23)22(25-18-21-12-6-3-7-13-21)14-16-24-17-20-10-4-2-5-11-20/h2-13,19,22H,14-18H2,1H3/b9-8+/t19-,22-/m0/s1. The van der Waals surface area contributed by atoms with Crippen molar-refractivity contribution in [2.75, 3.05) is 11.9 Å². The summed E-state index contributed by atoms with van der Waals surface area (Å²) in [7, 11) is 0. The van der Waals surface area contributed by atoms with Crippen molar-refractivity contribution in [2.24, 2.45) is 5.92 Å². The van der Waals surface area contributed by atoms with E-state index in [0.717, 1.165) is 11.8 Å². The lowest BCUT2D eigenvalue weighted by Crippen LogP contribution is -2.22. The number of hydrogen-bond acceptors (Lipinski definition) is 2. The molecule has 0 saturated carbocycles. The van der Waals surface area contributed by atoms with Gasteiger partial charge in [0.2, 0.25) is 0 Å². The first kappa shape index (κ1) is 19.9. The maximum Gasteiger partial charge on any atom is 0.0720 e. The molecule has 0 saturated heterocycles. The molecule has 2 aromatic carbocycles. The third-order valence-electron chi connectivity index (χ3n) is 4.08. The van der Waals surface area contributed by atoms with Crippen molar-refractivity contribution in [3.63, 3.8) is 0 Å². The van der Waals surface area contributed by atoms with E-state index < -0.39 is 0 Å². The van der Waals surface area contributed by atoms with E-state index in [4.69, 9.17) is 9.47 Å². The minimum Gasteiger partial charge on any atom is -0.377 e. The topological polar surface area (TPSA) is 18.5 Å². The Hall–Kier alpha value is -1.42. The van der Waals surface area contributed by atoms with E-state index in [1.807, 2.05) is 36.4 Å². The zero-order valence-corrected chi connectivity index (χ0v) is 16.4. The maximum atomic E-state index is 6.19. The van der Waals surface area contributed by atoms with Gasteiger partial charge in [-0.1, -0.05) is 95.7 Å². The summed E-state index contributed by atoms with van der Waals surface area (Å²) in [4.78, 5) is 0. The fourth-order valence-electron chi connectivity index (χ4n) is 2.63. The Bertz CT molecular complexity index is 598. The summed E-state index contributed by atoms with van der Waals surface area (Å²) < 4.78 is 12.0. The molecular weight excluding hydrogens is 376 g/mol. The largest absolute Gasteiger partial charge is 0.377 e. The minimum atomic E-state index is 0.145. The fraction of sp³-hybridized carbons (Fsp3) is 0.364. The second-order valence-electron chi connectivity index (χ2n) is 6.10. The van der Waals surface area contributed by atoms with Gasteiger partial charge < -0.3 is 9.47 Å². The van der Waals surface area contributed by atoms with Crippen molar-refractivity contribution in [3.05, 3.63) is 83.9 Å². The van der Waals surface area contributed by atoms with Crippen LogP contribution in [0.4, 0.5) is 0 Å². The Balaban J connectivity index is 1.81. The van der Waals surface area contributed by atoms with Crippen LogP contribution in [0.5, 0.6) is 0 Å². The van der Waals surface area contributed by atoms with Crippen LogP contribution >= 0.6 is 15.9 Å². The van der Waals surface area contributed by atoms with Crippen LogP contribution in [0.15, 0.2) is 72.8 Å². The molecule has 2 nitrogen and oxygen atoms in total. The highest BCUT2D eigenvalue weighted by molar-refractivity contribution is 9.09. The van der Waals surface area contributed by atoms with Crippen LogP contribution in [0.3, 0.4) is 0 Å². The SMILES string of the molecule is C[C@@H](/C=C/CBr)[C@H](CCOCc1ccccc1)OCc1ccccc1. The Kier molecular flexibility index (Phi) is 9.57. The Morgan fingerprint density at radius 1 is 0.920 bits per heavy atom. The molecule has 0 aliphatic carbocycles. The highest BCUT2D eigenvalue weighted by Crippen LogP contribution is 2.16. The summed E-state index contributed by atoms with van der Waals surface area (Å²) in [5.41, 5.74) is 2.41. The number of ether oxygens (including phenoxy) is 2. The van der Waals surface area contributed by atoms with Crippen molar-refractivity contribution in [1.29, 1.82) is 0 Å². The molecule has 0 fully saturated rings.